The summed E-state index contributed by atoms with van der Waals surface area (Å²) < 4.78 is 6.60. The van der Waals surface area contributed by atoms with E-state index in [0.29, 0.717) is 32.5 Å². The van der Waals surface area contributed by atoms with E-state index in [1.54, 1.807) is 4.90 Å². The second-order valence-corrected chi connectivity index (χ2v) is 6.83. The van der Waals surface area contributed by atoms with E-state index in [0.717, 1.165) is 10.2 Å². The lowest BCUT2D eigenvalue weighted by Crippen LogP contribution is -2.65. The Balaban J connectivity index is 1.63. The first kappa shape index (κ1) is 16.3. The Kier molecular flexibility index (Phi) is 5.27. The molecule has 1 aromatic rings. The molecule has 1 fully saturated rings. The van der Waals surface area contributed by atoms with Crippen LogP contribution in [0.4, 0.5) is 0 Å². The van der Waals surface area contributed by atoms with E-state index in [-0.39, 0.29) is 11.8 Å². The van der Waals surface area contributed by atoms with Gasteiger partial charge in [-0.05, 0) is 36.6 Å². The Bertz CT molecular complexity index is 481. The number of ether oxygens (including phenoxy) is 1. The van der Waals surface area contributed by atoms with Crippen LogP contribution in [0.1, 0.15) is 26.7 Å². The van der Waals surface area contributed by atoms with Crippen molar-refractivity contribution >= 4 is 21.8 Å². The highest BCUT2D eigenvalue weighted by molar-refractivity contribution is 9.10. The standard InChI is InChI=1S/C16H22BrNO3/c1-12(2)16(20)10-18(11-16)15(19)4-3-9-21-14-7-5-13(17)6-8-14/h5-8,12,20H,3-4,9-11H2,1-2H3. The molecule has 2 rings (SSSR count). The van der Waals surface area contributed by atoms with Gasteiger partial charge >= 0.3 is 0 Å². The van der Waals surface area contributed by atoms with Crippen LogP contribution in [0, 0.1) is 5.92 Å². The molecule has 0 unspecified atom stereocenters. The van der Waals surface area contributed by atoms with Gasteiger partial charge in [0, 0.05) is 10.9 Å². The van der Waals surface area contributed by atoms with Crippen LogP contribution in [0.2, 0.25) is 0 Å². The zero-order valence-corrected chi connectivity index (χ0v) is 14.1. The van der Waals surface area contributed by atoms with Crippen LogP contribution in [0.15, 0.2) is 28.7 Å². The van der Waals surface area contributed by atoms with Crippen LogP contribution in [0.3, 0.4) is 0 Å². The van der Waals surface area contributed by atoms with E-state index in [1.807, 2.05) is 38.1 Å². The minimum Gasteiger partial charge on any atom is -0.494 e. The van der Waals surface area contributed by atoms with E-state index >= 15 is 0 Å². The molecule has 5 heteroatoms. The molecule has 1 aromatic carbocycles. The number of aliphatic hydroxyl groups is 1. The molecule has 1 aliphatic heterocycles. The molecule has 0 saturated carbocycles. The van der Waals surface area contributed by atoms with Crippen molar-refractivity contribution in [3.05, 3.63) is 28.7 Å². The molecule has 0 spiro atoms. The Hall–Kier alpha value is -1.07. The summed E-state index contributed by atoms with van der Waals surface area (Å²) >= 11 is 3.37. The van der Waals surface area contributed by atoms with Gasteiger partial charge in [-0.1, -0.05) is 29.8 Å². The minimum atomic E-state index is -0.691. The number of carbonyl (C=O) groups excluding carboxylic acids is 1. The molecule has 21 heavy (non-hydrogen) atoms. The summed E-state index contributed by atoms with van der Waals surface area (Å²) in [6, 6.07) is 7.63. The van der Waals surface area contributed by atoms with Crippen molar-refractivity contribution in [1.29, 1.82) is 0 Å². The SMILES string of the molecule is CC(C)C1(O)CN(C(=O)CCCOc2ccc(Br)cc2)C1. The van der Waals surface area contributed by atoms with E-state index in [4.69, 9.17) is 4.74 Å². The van der Waals surface area contributed by atoms with E-state index in [9.17, 15) is 9.90 Å². The molecule has 0 radical (unpaired) electrons. The molecule has 0 aromatic heterocycles. The molecule has 116 valence electrons. The smallest absolute Gasteiger partial charge is 0.222 e. The molecule has 1 saturated heterocycles. The van der Waals surface area contributed by atoms with E-state index in [1.165, 1.54) is 0 Å². The predicted molar refractivity (Wildman–Crippen MR) is 85.2 cm³/mol. The minimum absolute atomic E-state index is 0.0970. The van der Waals surface area contributed by atoms with Crippen LogP contribution in [0.5, 0.6) is 5.75 Å². The number of carbonyl (C=O) groups is 1. The number of hydrogen-bond donors (Lipinski definition) is 1. The molecule has 1 N–H and O–H groups in total. The number of halogens is 1. The predicted octanol–water partition coefficient (Wildman–Crippen LogP) is 2.84. The van der Waals surface area contributed by atoms with Gasteiger partial charge in [-0.15, -0.1) is 0 Å². The fourth-order valence-electron chi connectivity index (χ4n) is 2.26. The number of hydrogen-bond acceptors (Lipinski definition) is 3. The average molecular weight is 356 g/mol. The largest absolute Gasteiger partial charge is 0.494 e. The molecule has 1 amide bonds. The topological polar surface area (TPSA) is 49.8 Å². The number of benzene rings is 1. The summed E-state index contributed by atoms with van der Waals surface area (Å²) in [6.45, 7) is 5.39. The lowest BCUT2D eigenvalue weighted by molar-refractivity contribution is -0.163. The maximum atomic E-state index is 11.9. The monoisotopic (exact) mass is 355 g/mol. The molecule has 0 aliphatic carbocycles. The first-order chi connectivity index (χ1) is 9.90. The zero-order chi connectivity index (χ0) is 15.5. The van der Waals surface area contributed by atoms with Crippen LogP contribution >= 0.6 is 15.9 Å². The molecule has 0 bridgehead atoms. The Morgan fingerprint density at radius 2 is 2.00 bits per heavy atom. The van der Waals surface area contributed by atoms with Crippen LogP contribution in [0.25, 0.3) is 0 Å². The Labute approximate surface area is 134 Å². The van der Waals surface area contributed by atoms with Gasteiger partial charge in [0.1, 0.15) is 11.4 Å². The summed E-state index contributed by atoms with van der Waals surface area (Å²) in [5.41, 5.74) is -0.691. The van der Waals surface area contributed by atoms with Crippen molar-refractivity contribution in [3.63, 3.8) is 0 Å². The normalized spacial score (nSPS) is 16.7. The lowest BCUT2D eigenvalue weighted by Gasteiger charge is -2.49. The third-order valence-electron chi connectivity index (χ3n) is 3.97. The number of likely N-dealkylation sites (tertiary alicyclic amines) is 1. The quantitative estimate of drug-likeness (QED) is 0.798. The highest BCUT2D eigenvalue weighted by Crippen LogP contribution is 2.29. The molecular weight excluding hydrogens is 334 g/mol. The van der Waals surface area contributed by atoms with Gasteiger partial charge in [0.2, 0.25) is 5.91 Å². The van der Waals surface area contributed by atoms with Crippen LogP contribution in [-0.2, 0) is 4.79 Å². The molecule has 4 nitrogen and oxygen atoms in total. The first-order valence-corrected chi connectivity index (χ1v) is 8.08. The fourth-order valence-corrected chi connectivity index (χ4v) is 2.52. The number of β-amino-alcohol motifs (C(OH)–C–C–N with tert-alkyl or cyclic N) is 1. The van der Waals surface area contributed by atoms with Crippen molar-refractivity contribution in [2.45, 2.75) is 32.3 Å². The highest BCUT2D eigenvalue weighted by atomic mass is 79.9. The van der Waals surface area contributed by atoms with Gasteiger partial charge in [-0.25, -0.2) is 0 Å². The summed E-state index contributed by atoms with van der Waals surface area (Å²) in [5, 5.41) is 10.1. The number of nitrogens with zero attached hydrogens (tertiary/aromatic N) is 1. The number of rotatable bonds is 6. The lowest BCUT2D eigenvalue weighted by atomic mass is 9.83. The highest BCUT2D eigenvalue weighted by Gasteiger charge is 2.45. The van der Waals surface area contributed by atoms with Gasteiger partial charge in [0.15, 0.2) is 0 Å². The molecule has 1 aliphatic rings. The average Bonchev–Trinajstić information content (AvgIpc) is 2.41. The Morgan fingerprint density at radius 1 is 1.38 bits per heavy atom. The van der Waals surface area contributed by atoms with Gasteiger partial charge in [-0.2, -0.15) is 0 Å². The molecule has 0 atom stereocenters. The van der Waals surface area contributed by atoms with Crippen molar-refractivity contribution in [1.82, 2.24) is 4.90 Å². The Morgan fingerprint density at radius 3 is 2.57 bits per heavy atom. The van der Waals surface area contributed by atoms with E-state index < -0.39 is 5.60 Å². The molecule has 1 heterocycles. The van der Waals surface area contributed by atoms with E-state index in [2.05, 4.69) is 15.9 Å². The van der Waals surface area contributed by atoms with Crippen molar-refractivity contribution in [2.24, 2.45) is 5.92 Å². The maximum absolute atomic E-state index is 11.9. The second-order valence-electron chi connectivity index (χ2n) is 5.91. The first-order valence-electron chi connectivity index (χ1n) is 7.29. The summed E-state index contributed by atoms with van der Waals surface area (Å²) in [4.78, 5) is 13.7. The van der Waals surface area contributed by atoms with Gasteiger partial charge in [0.05, 0.1) is 19.7 Å². The fraction of sp³-hybridized carbons (Fsp3) is 0.562. The third kappa shape index (κ3) is 4.20. The van der Waals surface area contributed by atoms with Crippen molar-refractivity contribution in [3.8, 4) is 5.75 Å². The van der Waals surface area contributed by atoms with Gasteiger partial charge < -0.3 is 14.7 Å². The van der Waals surface area contributed by atoms with Crippen molar-refractivity contribution < 1.29 is 14.6 Å². The summed E-state index contributed by atoms with van der Waals surface area (Å²) in [5.74, 6) is 1.09. The summed E-state index contributed by atoms with van der Waals surface area (Å²) in [6.07, 6.45) is 1.15. The van der Waals surface area contributed by atoms with Gasteiger partial charge in [0.25, 0.3) is 0 Å². The van der Waals surface area contributed by atoms with Crippen molar-refractivity contribution in [2.75, 3.05) is 19.7 Å². The number of amides is 1. The maximum Gasteiger partial charge on any atom is 0.222 e. The van der Waals surface area contributed by atoms with Gasteiger partial charge in [-0.3, -0.25) is 4.79 Å². The summed E-state index contributed by atoms with van der Waals surface area (Å²) in [7, 11) is 0. The van der Waals surface area contributed by atoms with Crippen LogP contribution < -0.4 is 4.74 Å². The zero-order valence-electron chi connectivity index (χ0n) is 12.5. The third-order valence-corrected chi connectivity index (χ3v) is 4.50. The molecular formula is C16H22BrNO3. The van der Waals surface area contributed by atoms with Crippen LogP contribution in [-0.4, -0.2) is 41.2 Å². The second kappa shape index (κ2) is 6.79.